The molecule has 1 saturated heterocycles. The molecule has 7 nitrogen and oxygen atoms in total. The number of piperazine rings is 1. The first-order valence-corrected chi connectivity index (χ1v) is 11.1. The van der Waals surface area contributed by atoms with Gasteiger partial charge in [-0.3, -0.25) is 4.90 Å². The second kappa shape index (κ2) is 9.47. The van der Waals surface area contributed by atoms with E-state index >= 15 is 0 Å². The second-order valence-electron chi connectivity index (χ2n) is 7.15. The van der Waals surface area contributed by atoms with Crippen LogP contribution in [0.2, 0.25) is 0 Å². The van der Waals surface area contributed by atoms with Crippen molar-refractivity contribution in [3.63, 3.8) is 0 Å². The summed E-state index contributed by atoms with van der Waals surface area (Å²) in [4.78, 5) is 6.23. The van der Waals surface area contributed by atoms with E-state index in [2.05, 4.69) is 61.9 Å². The molecule has 0 N–H and O–H groups in total. The highest BCUT2D eigenvalue weighted by Gasteiger charge is 2.30. The Bertz CT molecular complexity index is 871. The van der Waals surface area contributed by atoms with Crippen molar-refractivity contribution >= 4 is 11.3 Å². The molecule has 1 aromatic carbocycles. The van der Waals surface area contributed by atoms with Crippen LogP contribution in [0.15, 0.2) is 41.8 Å². The van der Waals surface area contributed by atoms with E-state index in [9.17, 15) is 0 Å². The van der Waals surface area contributed by atoms with Crippen LogP contribution < -0.4 is 4.74 Å². The van der Waals surface area contributed by atoms with Crippen molar-refractivity contribution in [1.82, 2.24) is 30.0 Å². The third-order valence-electron chi connectivity index (χ3n) is 5.42. The number of thiophene rings is 1. The summed E-state index contributed by atoms with van der Waals surface area (Å²) in [6.07, 6.45) is 0. The van der Waals surface area contributed by atoms with E-state index in [-0.39, 0.29) is 6.04 Å². The minimum Gasteiger partial charge on any atom is -0.494 e. The lowest BCUT2D eigenvalue weighted by Crippen LogP contribution is -2.48. The molecule has 0 radical (unpaired) electrons. The number of rotatable bonds is 8. The smallest absolute Gasteiger partial charge is 0.173 e. The Morgan fingerprint density at radius 2 is 1.86 bits per heavy atom. The van der Waals surface area contributed by atoms with Crippen LogP contribution in [0.1, 0.15) is 36.2 Å². The second-order valence-corrected chi connectivity index (χ2v) is 8.18. The Morgan fingerprint density at radius 3 is 2.52 bits per heavy atom. The van der Waals surface area contributed by atoms with E-state index < -0.39 is 0 Å². The molecule has 0 spiro atoms. The number of hydrogen-bond acceptors (Lipinski definition) is 7. The van der Waals surface area contributed by atoms with Gasteiger partial charge in [-0.25, -0.2) is 4.68 Å². The number of aromatic nitrogens is 4. The van der Waals surface area contributed by atoms with Gasteiger partial charge in [0.25, 0.3) is 0 Å². The van der Waals surface area contributed by atoms with E-state index in [4.69, 9.17) is 4.74 Å². The summed E-state index contributed by atoms with van der Waals surface area (Å²) in [7, 11) is 0. The minimum absolute atomic E-state index is 0.0274. The van der Waals surface area contributed by atoms with Gasteiger partial charge in [-0.2, -0.15) is 0 Å². The first-order chi connectivity index (χ1) is 14.3. The van der Waals surface area contributed by atoms with Gasteiger partial charge in [-0.15, -0.1) is 16.4 Å². The average Bonchev–Trinajstić information content (AvgIpc) is 3.43. The Labute approximate surface area is 175 Å². The van der Waals surface area contributed by atoms with Crippen LogP contribution in [0.3, 0.4) is 0 Å². The van der Waals surface area contributed by atoms with Crippen molar-refractivity contribution in [3.05, 3.63) is 58.0 Å². The number of ether oxygens (including phenoxy) is 1. The topological polar surface area (TPSA) is 59.3 Å². The van der Waals surface area contributed by atoms with Gasteiger partial charge in [-0.1, -0.05) is 25.1 Å². The monoisotopic (exact) mass is 412 g/mol. The maximum absolute atomic E-state index is 5.63. The highest BCUT2D eigenvalue weighted by atomic mass is 32.1. The quantitative estimate of drug-likeness (QED) is 0.567. The van der Waals surface area contributed by atoms with Crippen LogP contribution in [-0.4, -0.2) is 69.3 Å². The maximum atomic E-state index is 5.63. The van der Waals surface area contributed by atoms with Crippen LogP contribution in [0.25, 0.3) is 0 Å². The van der Waals surface area contributed by atoms with E-state index in [1.807, 2.05) is 23.7 Å². The molecule has 8 heteroatoms. The van der Waals surface area contributed by atoms with Crippen molar-refractivity contribution < 1.29 is 4.74 Å². The zero-order valence-electron chi connectivity index (χ0n) is 17.1. The molecule has 0 aliphatic carbocycles. The highest BCUT2D eigenvalue weighted by Crippen LogP contribution is 2.30. The number of benzene rings is 1. The van der Waals surface area contributed by atoms with E-state index in [1.54, 1.807) is 11.3 Å². The van der Waals surface area contributed by atoms with Crippen LogP contribution in [-0.2, 0) is 6.54 Å². The molecule has 3 aromatic rings. The Balaban J connectivity index is 1.64. The molecule has 1 atom stereocenters. The molecule has 1 aliphatic heterocycles. The van der Waals surface area contributed by atoms with Crippen molar-refractivity contribution in [1.29, 1.82) is 0 Å². The fourth-order valence-electron chi connectivity index (χ4n) is 3.84. The molecule has 3 heterocycles. The fourth-order valence-corrected chi connectivity index (χ4v) is 4.53. The van der Waals surface area contributed by atoms with Crippen LogP contribution >= 0.6 is 11.3 Å². The fraction of sp³-hybridized carbons (Fsp3) is 0.476. The molecule has 0 amide bonds. The van der Waals surface area contributed by atoms with Crippen LogP contribution in [0, 0.1) is 0 Å². The summed E-state index contributed by atoms with van der Waals surface area (Å²) in [5.74, 6) is 1.79. The van der Waals surface area contributed by atoms with E-state index in [1.165, 1.54) is 10.4 Å². The summed E-state index contributed by atoms with van der Waals surface area (Å²) < 4.78 is 7.58. The first kappa shape index (κ1) is 20.0. The lowest BCUT2D eigenvalue weighted by Gasteiger charge is -2.38. The molecule has 154 valence electrons. The molecule has 29 heavy (non-hydrogen) atoms. The maximum Gasteiger partial charge on any atom is 0.173 e. The van der Waals surface area contributed by atoms with Gasteiger partial charge in [0.05, 0.1) is 19.2 Å². The predicted octanol–water partition coefficient (Wildman–Crippen LogP) is 2.91. The molecule has 0 saturated carbocycles. The molecule has 1 aliphatic rings. The molecule has 2 aromatic heterocycles. The number of tetrazole rings is 1. The molecule has 0 unspecified atom stereocenters. The number of hydrogen-bond donors (Lipinski definition) is 0. The van der Waals surface area contributed by atoms with Crippen molar-refractivity contribution in [3.8, 4) is 5.75 Å². The average molecular weight is 413 g/mol. The third-order valence-corrected chi connectivity index (χ3v) is 6.28. The van der Waals surface area contributed by atoms with Crippen molar-refractivity contribution in [2.75, 3.05) is 39.3 Å². The molecular formula is C21H28N6OS. The van der Waals surface area contributed by atoms with Gasteiger partial charge in [0.2, 0.25) is 0 Å². The molecule has 1 fully saturated rings. The van der Waals surface area contributed by atoms with Gasteiger partial charge >= 0.3 is 0 Å². The van der Waals surface area contributed by atoms with Crippen molar-refractivity contribution in [2.45, 2.75) is 26.4 Å². The molecular weight excluding hydrogens is 384 g/mol. The van der Waals surface area contributed by atoms with E-state index in [0.29, 0.717) is 13.2 Å². The van der Waals surface area contributed by atoms with E-state index in [0.717, 1.165) is 44.3 Å². The van der Waals surface area contributed by atoms with Crippen molar-refractivity contribution in [2.24, 2.45) is 0 Å². The minimum atomic E-state index is 0.0274. The third kappa shape index (κ3) is 4.66. The zero-order chi connectivity index (χ0) is 20.1. The first-order valence-electron chi connectivity index (χ1n) is 10.3. The van der Waals surface area contributed by atoms with Gasteiger partial charge in [0.15, 0.2) is 5.82 Å². The summed E-state index contributed by atoms with van der Waals surface area (Å²) in [6.45, 7) is 10.8. The van der Waals surface area contributed by atoms with Gasteiger partial charge in [-0.05, 0) is 53.0 Å². The SMILES string of the molecule is CCOc1ccc([C@@H](c2nnnn2Cc2cccs2)N2CCN(CC)CC2)cc1. The standard InChI is InChI=1S/C21H28N6OS/c1-3-25-11-13-26(14-12-25)20(17-7-9-18(10-8-17)28-4-2)21-22-23-24-27(21)16-19-6-5-15-29-19/h5-10,15,20H,3-4,11-14,16H2,1-2H3/t20-/m0/s1. The highest BCUT2D eigenvalue weighted by molar-refractivity contribution is 7.09. The lowest BCUT2D eigenvalue weighted by atomic mass is 10.0. The number of likely N-dealkylation sites (N-methyl/N-ethyl adjacent to an activating group) is 1. The van der Waals surface area contributed by atoms with Gasteiger partial charge in [0.1, 0.15) is 5.75 Å². The molecule has 4 rings (SSSR count). The zero-order valence-corrected chi connectivity index (χ0v) is 17.9. The summed E-state index contributed by atoms with van der Waals surface area (Å²) in [6, 6.07) is 12.6. The van der Waals surface area contributed by atoms with Gasteiger partial charge < -0.3 is 9.64 Å². The Hall–Kier alpha value is -2.29. The van der Waals surface area contributed by atoms with Gasteiger partial charge in [0, 0.05) is 31.1 Å². The largest absolute Gasteiger partial charge is 0.494 e. The Morgan fingerprint density at radius 1 is 1.07 bits per heavy atom. The normalized spacial score (nSPS) is 16.8. The summed E-state index contributed by atoms with van der Waals surface area (Å²) in [5, 5.41) is 14.9. The number of nitrogens with zero attached hydrogens (tertiary/aromatic N) is 6. The lowest BCUT2D eigenvalue weighted by molar-refractivity contribution is 0.108. The summed E-state index contributed by atoms with van der Waals surface area (Å²) >= 11 is 1.73. The van der Waals surface area contributed by atoms with Crippen LogP contribution in [0.5, 0.6) is 5.75 Å². The van der Waals surface area contributed by atoms with Crippen LogP contribution in [0.4, 0.5) is 0 Å². The summed E-state index contributed by atoms with van der Waals surface area (Å²) in [5.41, 5.74) is 1.20. The predicted molar refractivity (Wildman–Crippen MR) is 114 cm³/mol. The molecule has 0 bridgehead atoms. The Kier molecular flexibility index (Phi) is 6.53.